The smallest absolute Gasteiger partial charge is 0.416 e. The molecule has 0 radical (unpaired) electrons. The normalized spacial score (nSPS) is 13.3. The van der Waals surface area contributed by atoms with Crippen molar-refractivity contribution in [3.8, 4) is 11.5 Å². The molecule has 3 rings (SSSR count). The molecule has 0 amide bonds. The van der Waals surface area contributed by atoms with Gasteiger partial charge in [0.15, 0.2) is 11.5 Å². The molecule has 4 nitrogen and oxygen atoms in total. The molecule has 2 aromatic rings. The molecule has 8 heteroatoms. The summed E-state index contributed by atoms with van der Waals surface area (Å²) in [6, 6.07) is 6.56. The molecule has 1 aromatic heterocycles. The summed E-state index contributed by atoms with van der Waals surface area (Å²) in [5.41, 5.74) is -0.354. The molecule has 1 N–H and O–H groups in total. The molecule has 1 aliphatic rings. The summed E-state index contributed by atoms with van der Waals surface area (Å²) in [6.45, 7) is 0.117. The molecule has 0 fully saturated rings. The molecule has 0 saturated heterocycles. The van der Waals surface area contributed by atoms with Crippen LogP contribution in [0.3, 0.4) is 0 Å². The molecule has 0 aliphatic carbocycles. The summed E-state index contributed by atoms with van der Waals surface area (Å²) < 4.78 is 48.5. The van der Waals surface area contributed by atoms with E-state index in [1.165, 1.54) is 0 Å². The minimum absolute atomic E-state index is 0.00584. The zero-order valence-corrected chi connectivity index (χ0v) is 11.1. The number of alkyl halides is 3. The van der Waals surface area contributed by atoms with E-state index >= 15 is 0 Å². The first kappa shape index (κ1) is 13.8. The Hall–Kier alpha value is -2.15. The molecule has 110 valence electrons. The van der Waals surface area contributed by atoms with Crippen LogP contribution in [0.5, 0.6) is 11.5 Å². The van der Waals surface area contributed by atoms with Crippen molar-refractivity contribution in [2.24, 2.45) is 0 Å². The molecule has 0 bridgehead atoms. The largest absolute Gasteiger partial charge is 0.454 e. The fourth-order valence-corrected chi connectivity index (χ4v) is 2.06. The Labute approximate surface area is 122 Å². The van der Waals surface area contributed by atoms with Crippen molar-refractivity contribution in [1.82, 2.24) is 4.98 Å². The first-order valence-corrected chi connectivity index (χ1v) is 6.21. The fraction of sp³-hybridized carbons (Fsp3) is 0.154. The number of nitrogens with zero attached hydrogens (tertiary/aromatic N) is 1. The molecule has 0 unspecified atom stereocenters. The number of aromatic nitrogens is 1. The highest BCUT2D eigenvalue weighted by Gasteiger charge is 2.31. The van der Waals surface area contributed by atoms with Gasteiger partial charge in [-0.2, -0.15) is 13.2 Å². The quantitative estimate of drug-likeness (QED) is 0.842. The third-order valence-electron chi connectivity index (χ3n) is 2.77. The standard InChI is InChI=1S/C13H8ClF3N2O2/c14-11-3-7(13(15,16)17)4-12(19-11)18-8-1-2-9-10(5-8)21-6-20-9/h1-5H,6H2,(H,18,19). The second-order valence-corrected chi connectivity index (χ2v) is 4.64. The third-order valence-corrected chi connectivity index (χ3v) is 2.96. The van der Waals surface area contributed by atoms with Gasteiger partial charge >= 0.3 is 6.18 Å². The van der Waals surface area contributed by atoms with E-state index in [-0.39, 0.29) is 17.8 Å². The number of nitrogens with one attached hydrogen (secondary N) is 1. The zero-order chi connectivity index (χ0) is 15.0. The number of hydrogen-bond donors (Lipinski definition) is 1. The maximum absolute atomic E-state index is 12.7. The molecule has 1 aliphatic heterocycles. The molecular weight excluding hydrogens is 309 g/mol. The highest BCUT2D eigenvalue weighted by Crippen LogP contribution is 2.36. The maximum Gasteiger partial charge on any atom is 0.416 e. The van der Waals surface area contributed by atoms with Gasteiger partial charge < -0.3 is 14.8 Å². The molecular formula is C13H8ClF3N2O2. The minimum Gasteiger partial charge on any atom is -0.454 e. The summed E-state index contributed by atoms with van der Waals surface area (Å²) in [6.07, 6.45) is -4.49. The van der Waals surface area contributed by atoms with Crippen LogP contribution in [-0.4, -0.2) is 11.8 Å². The predicted molar refractivity (Wildman–Crippen MR) is 70.1 cm³/mol. The van der Waals surface area contributed by atoms with Crippen molar-refractivity contribution in [1.29, 1.82) is 0 Å². The number of fused-ring (bicyclic) bond motifs is 1. The van der Waals surface area contributed by atoms with Crippen molar-refractivity contribution in [3.63, 3.8) is 0 Å². The van der Waals surface area contributed by atoms with Crippen LogP contribution < -0.4 is 14.8 Å². The van der Waals surface area contributed by atoms with E-state index in [0.29, 0.717) is 17.2 Å². The van der Waals surface area contributed by atoms with Crippen molar-refractivity contribution in [2.45, 2.75) is 6.18 Å². The van der Waals surface area contributed by atoms with E-state index in [4.69, 9.17) is 21.1 Å². The average Bonchev–Trinajstić information content (AvgIpc) is 2.84. The summed E-state index contributed by atoms with van der Waals surface area (Å²) >= 11 is 5.62. The highest BCUT2D eigenvalue weighted by molar-refractivity contribution is 6.29. The summed E-state index contributed by atoms with van der Waals surface area (Å²) in [5, 5.41) is 2.51. The van der Waals surface area contributed by atoms with Crippen molar-refractivity contribution < 1.29 is 22.6 Å². The van der Waals surface area contributed by atoms with Gasteiger partial charge in [-0.25, -0.2) is 4.98 Å². The molecule has 0 spiro atoms. The average molecular weight is 317 g/mol. The maximum atomic E-state index is 12.7. The van der Waals surface area contributed by atoms with Gasteiger partial charge in [0.2, 0.25) is 6.79 Å². The first-order valence-electron chi connectivity index (χ1n) is 5.83. The van der Waals surface area contributed by atoms with Crippen LogP contribution in [0.15, 0.2) is 30.3 Å². The van der Waals surface area contributed by atoms with Crippen LogP contribution in [0.2, 0.25) is 5.15 Å². The number of anilines is 2. The second-order valence-electron chi connectivity index (χ2n) is 4.25. The third kappa shape index (κ3) is 2.97. The Kier molecular flexibility index (Phi) is 3.29. The second kappa shape index (κ2) is 5.00. The van der Waals surface area contributed by atoms with E-state index in [1.54, 1.807) is 18.2 Å². The first-order chi connectivity index (χ1) is 9.91. The van der Waals surface area contributed by atoms with Crippen LogP contribution in [0.1, 0.15) is 5.56 Å². The van der Waals surface area contributed by atoms with Gasteiger partial charge in [-0.05, 0) is 24.3 Å². The van der Waals surface area contributed by atoms with Crippen LogP contribution in [0.25, 0.3) is 0 Å². The lowest BCUT2D eigenvalue weighted by Crippen LogP contribution is -2.06. The lowest BCUT2D eigenvalue weighted by molar-refractivity contribution is -0.137. The zero-order valence-electron chi connectivity index (χ0n) is 10.4. The van der Waals surface area contributed by atoms with Gasteiger partial charge in [0, 0.05) is 11.8 Å². The SMILES string of the molecule is FC(F)(F)c1cc(Cl)nc(Nc2ccc3c(c2)OCO3)c1. The molecule has 1 aromatic carbocycles. The Bertz CT molecular complexity index is 692. The molecule has 0 saturated carbocycles. The predicted octanol–water partition coefficient (Wildman–Crippen LogP) is 4.23. The monoisotopic (exact) mass is 316 g/mol. The Morgan fingerprint density at radius 2 is 1.86 bits per heavy atom. The Morgan fingerprint density at radius 1 is 1.10 bits per heavy atom. The van der Waals surface area contributed by atoms with Gasteiger partial charge in [0.05, 0.1) is 5.56 Å². The number of pyridine rings is 1. The van der Waals surface area contributed by atoms with Gasteiger partial charge in [-0.1, -0.05) is 11.6 Å². The van der Waals surface area contributed by atoms with Crippen molar-refractivity contribution in [3.05, 3.63) is 41.0 Å². The van der Waals surface area contributed by atoms with Crippen LogP contribution in [-0.2, 0) is 6.18 Å². The van der Waals surface area contributed by atoms with E-state index in [0.717, 1.165) is 12.1 Å². The summed E-state index contributed by atoms with van der Waals surface area (Å²) in [7, 11) is 0. The van der Waals surface area contributed by atoms with Gasteiger partial charge in [0.25, 0.3) is 0 Å². The summed E-state index contributed by atoms with van der Waals surface area (Å²) in [4.78, 5) is 3.82. The van der Waals surface area contributed by atoms with E-state index < -0.39 is 11.7 Å². The number of halogens is 4. The van der Waals surface area contributed by atoms with Gasteiger partial charge in [0.1, 0.15) is 11.0 Å². The number of hydrogen-bond acceptors (Lipinski definition) is 4. The highest BCUT2D eigenvalue weighted by atomic mass is 35.5. The lowest BCUT2D eigenvalue weighted by Gasteiger charge is -2.11. The topological polar surface area (TPSA) is 43.4 Å². The van der Waals surface area contributed by atoms with E-state index in [2.05, 4.69) is 10.3 Å². The Morgan fingerprint density at radius 3 is 2.62 bits per heavy atom. The lowest BCUT2D eigenvalue weighted by atomic mass is 10.2. The minimum atomic E-state index is -4.49. The van der Waals surface area contributed by atoms with Crippen molar-refractivity contribution in [2.75, 3.05) is 12.1 Å². The molecule has 21 heavy (non-hydrogen) atoms. The van der Waals surface area contributed by atoms with Crippen LogP contribution >= 0.6 is 11.6 Å². The number of ether oxygens (including phenoxy) is 2. The van der Waals surface area contributed by atoms with Crippen LogP contribution in [0.4, 0.5) is 24.7 Å². The Balaban J connectivity index is 1.89. The van der Waals surface area contributed by atoms with Gasteiger partial charge in [-0.3, -0.25) is 0 Å². The summed E-state index contributed by atoms with van der Waals surface area (Å²) in [5.74, 6) is 1.09. The van der Waals surface area contributed by atoms with Crippen molar-refractivity contribution >= 4 is 23.1 Å². The van der Waals surface area contributed by atoms with E-state index in [9.17, 15) is 13.2 Å². The number of rotatable bonds is 2. The van der Waals surface area contributed by atoms with E-state index in [1.807, 2.05) is 0 Å². The number of benzene rings is 1. The van der Waals surface area contributed by atoms with Crippen LogP contribution in [0, 0.1) is 0 Å². The fourth-order valence-electron chi connectivity index (χ4n) is 1.85. The molecule has 2 heterocycles. The van der Waals surface area contributed by atoms with Gasteiger partial charge in [-0.15, -0.1) is 0 Å². The molecule has 0 atom stereocenters.